The van der Waals surface area contributed by atoms with Gasteiger partial charge in [0.15, 0.2) is 18.2 Å². The van der Waals surface area contributed by atoms with Gasteiger partial charge in [-0.3, -0.25) is 14.5 Å². The molecule has 3 aliphatic rings. The average molecular weight is 409 g/mol. The molecule has 3 heterocycles. The number of rotatable bonds is 5. The fourth-order valence-corrected chi connectivity index (χ4v) is 4.66. The Morgan fingerprint density at radius 2 is 1.83 bits per heavy atom. The first-order valence-corrected chi connectivity index (χ1v) is 10.5. The van der Waals surface area contributed by atoms with E-state index in [2.05, 4.69) is 12.1 Å². The average Bonchev–Trinajstić information content (AvgIpc) is 3.32. The van der Waals surface area contributed by atoms with Crippen LogP contribution in [0.5, 0.6) is 17.2 Å². The number of hydrogen-bond donors (Lipinski definition) is 1. The van der Waals surface area contributed by atoms with E-state index in [-0.39, 0.29) is 6.04 Å². The fourth-order valence-electron chi connectivity index (χ4n) is 4.66. The van der Waals surface area contributed by atoms with Gasteiger partial charge >= 0.3 is 5.91 Å². The van der Waals surface area contributed by atoms with Crippen LogP contribution in [0.2, 0.25) is 0 Å². The molecule has 1 N–H and O–H groups in total. The summed E-state index contributed by atoms with van der Waals surface area (Å²) < 4.78 is 16.8. The minimum absolute atomic E-state index is 0.282. The quantitative estimate of drug-likeness (QED) is 0.763. The number of nitrogens with zero attached hydrogens (tertiary/aromatic N) is 1. The van der Waals surface area contributed by atoms with E-state index in [1.807, 2.05) is 19.1 Å². The zero-order valence-corrected chi connectivity index (χ0v) is 17.0. The van der Waals surface area contributed by atoms with Crippen molar-refractivity contribution in [1.82, 2.24) is 0 Å². The van der Waals surface area contributed by atoms with E-state index in [1.165, 1.54) is 10.5 Å². The highest BCUT2D eigenvalue weighted by Crippen LogP contribution is 2.40. The molecule has 0 spiro atoms. The van der Waals surface area contributed by atoms with Crippen molar-refractivity contribution >= 4 is 17.4 Å². The first-order valence-electron chi connectivity index (χ1n) is 10.5. The van der Waals surface area contributed by atoms with Gasteiger partial charge in [-0.25, -0.2) is 0 Å². The molecule has 2 aromatic carbocycles. The Morgan fingerprint density at radius 3 is 2.57 bits per heavy atom. The number of fused-ring (bicyclic) bond motifs is 2. The van der Waals surface area contributed by atoms with Crippen LogP contribution < -0.4 is 24.0 Å². The normalized spacial score (nSPS) is 22.4. The molecule has 30 heavy (non-hydrogen) atoms. The van der Waals surface area contributed by atoms with Crippen molar-refractivity contribution in [1.29, 1.82) is 0 Å². The Hall–Kier alpha value is -3.06. The second kappa shape index (κ2) is 7.65. The Balaban J connectivity index is 1.40. The van der Waals surface area contributed by atoms with E-state index in [1.54, 1.807) is 17.0 Å². The maximum atomic E-state index is 12.8. The van der Waals surface area contributed by atoms with Crippen molar-refractivity contribution in [2.45, 2.75) is 25.8 Å². The summed E-state index contributed by atoms with van der Waals surface area (Å²) in [6, 6.07) is 11.9. The standard InChI is InChI=1S/C23H24N2O5/c1-2-28-16-7-5-15(6-8-16)18-4-3-9-24(18)14-25-19-13-21-20(29-10-11-30-21)12-17(19)22(26)23(25)27/h5-8,12-13,18H,2-4,9-11,14H2,1H3/p+1/t18-/m0/s1. The van der Waals surface area contributed by atoms with Crippen LogP contribution in [0.4, 0.5) is 5.69 Å². The van der Waals surface area contributed by atoms with Crippen LogP contribution in [-0.2, 0) is 4.79 Å². The second-order valence-corrected chi connectivity index (χ2v) is 7.84. The van der Waals surface area contributed by atoms with Crippen molar-refractivity contribution < 1.29 is 28.7 Å². The summed E-state index contributed by atoms with van der Waals surface area (Å²) in [4.78, 5) is 28.3. The van der Waals surface area contributed by atoms with Crippen LogP contribution in [-0.4, -0.2) is 44.7 Å². The Bertz CT molecular complexity index is 988. The minimum Gasteiger partial charge on any atom is -0.494 e. The van der Waals surface area contributed by atoms with Crippen LogP contribution in [0, 0.1) is 0 Å². The lowest BCUT2D eigenvalue weighted by Crippen LogP contribution is -3.12. The maximum Gasteiger partial charge on any atom is 0.303 e. The number of carbonyl (C=O) groups excluding carboxylic acids is 2. The maximum absolute atomic E-state index is 12.8. The van der Waals surface area contributed by atoms with E-state index >= 15 is 0 Å². The molecule has 0 radical (unpaired) electrons. The number of ketones is 1. The smallest absolute Gasteiger partial charge is 0.303 e. The van der Waals surface area contributed by atoms with Gasteiger partial charge in [0.2, 0.25) is 0 Å². The van der Waals surface area contributed by atoms with Gasteiger partial charge in [0.05, 0.1) is 24.4 Å². The number of Topliss-reactive ketones (excluding diaryl/α,β-unsaturated/α-hetero) is 1. The number of carbonyl (C=O) groups is 2. The van der Waals surface area contributed by atoms with E-state index < -0.39 is 11.7 Å². The van der Waals surface area contributed by atoms with E-state index in [0.717, 1.165) is 25.1 Å². The molecule has 7 heteroatoms. The van der Waals surface area contributed by atoms with Gasteiger partial charge in [0, 0.05) is 24.5 Å². The van der Waals surface area contributed by atoms with E-state index in [4.69, 9.17) is 14.2 Å². The van der Waals surface area contributed by atoms with Crippen molar-refractivity contribution in [2.75, 3.05) is 37.9 Å². The summed E-state index contributed by atoms with van der Waals surface area (Å²) in [5, 5.41) is 0. The van der Waals surface area contributed by atoms with Crippen molar-refractivity contribution in [3.63, 3.8) is 0 Å². The lowest BCUT2D eigenvalue weighted by molar-refractivity contribution is -0.917. The molecule has 0 aliphatic carbocycles. The van der Waals surface area contributed by atoms with Crippen molar-refractivity contribution in [3.05, 3.63) is 47.5 Å². The minimum atomic E-state index is -0.475. The highest BCUT2D eigenvalue weighted by atomic mass is 16.6. The number of amides is 1. The van der Waals surface area contributed by atoms with Gasteiger partial charge in [-0.1, -0.05) is 0 Å². The third-order valence-electron chi connectivity index (χ3n) is 6.07. The Morgan fingerprint density at radius 1 is 1.10 bits per heavy atom. The molecule has 2 aromatic rings. The Labute approximate surface area is 175 Å². The molecular formula is C23H25N2O5+. The molecule has 2 atom stereocenters. The van der Waals surface area contributed by atoms with Gasteiger partial charge in [0.25, 0.3) is 5.78 Å². The molecular weight excluding hydrogens is 384 g/mol. The summed E-state index contributed by atoms with van der Waals surface area (Å²) in [5.41, 5.74) is 2.26. The lowest BCUT2D eigenvalue weighted by Gasteiger charge is -2.27. The highest BCUT2D eigenvalue weighted by molar-refractivity contribution is 6.52. The van der Waals surface area contributed by atoms with Crippen LogP contribution in [0.25, 0.3) is 0 Å². The number of hydrogen-bond acceptors (Lipinski definition) is 5. The first kappa shape index (κ1) is 18.9. The molecule has 0 bridgehead atoms. The van der Waals surface area contributed by atoms with Crippen LogP contribution in [0.3, 0.4) is 0 Å². The van der Waals surface area contributed by atoms with Crippen LogP contribution in [0.15, 0.2) is 36.4 Å². The summed E-state index contributed by atoms with van der Waals surface area (Å²) >= 11 is 0. The number of ether oxygens (including phenoxy) is 3. The zero-order valence-electron chi connectivity index (χ0n) is 17.0. The third-order valence-corrected chi connectivity index (χ3v) is 6.07. The van der Waals surface area contributed by atoms with Crippen molar-refractivity contribution in [3.8, 4) is 17.2 Å². The van der Waals surface area contributed by atoms with Gasteiger partial charge in [0.1, 0.15) is 25.0 Å². The van der Waals surface area contributed by atoms with Crippen molar-refractivity contribution in [2.24, 2.45) is 0 Å². The number of nitrogens with one attached hydrogen (secondary N) is 1. The van der Waals surface area contributed by atoms with E-state index in [0.29, 0.717) is 49.2 Å². The van der Waals surface area contributed by atoms with Gasteiger partial charge in [-0.05, 0) is 37.3 Å². The Kier molecular flexibility index (Phi) is 4.83. The summed E-state index contributed by atoms with van der Waals surface area (Å²) in [6.45, 7) is 4.93. The molecule has 7 nitrogen and oxygen atoms in total. The largest absolute Gasteiger partial charge is 0.494 e. The molecule has 1 amide bonds. The number of quaternary nitrogens is 1. The van der Waals surface area contributed by atoms with Gasteiger partial charge in [-0.2, -0.15) is 0 Å². The summed E-state index contributed by atoms with van der Waals surface area (Å²) in [7, 11) is 0. The molecule has 0 aromatic heterocycles. The second-order valence-electron chi connectivity index (χ2n) is 7.84. The number of likely N-dealkylation sites (tertiary alicyclic amines) is 1. The molecule has 3 aliphatic heterocycles. The summed E-state index contributed by atoms with van der Waals surface area (Å²) in [6.07, 6.45) is 2.13. The molecule has 5 rings (SSSR count). The van der Waals surface area contributed by atoms with Gasteiger partial charge in [-0.15, -0.1) is 0 Å². The molecule has 156 valence electrons. The van der Waals surface area contributed by atoms with Crippen LogP contribution in [0.1, 0.15) is 41.7 Å². The SMILES string of the molecule is CCOc1ccc([C@@H]2CCC[NH+]2CN2C(=O)C(=O)c3cc4c(cc32)OCCO4)cc1. The zero-order chi connectivity index (χ0) is 20.7. The monoisotopic (exact) mass is 409 g/mol. The number of benzene rings is 2. The van der Waals surface area contributed by atoms with Gasteiger partial charge < -0.3 is 19.1 Å². The fraction of sp³-hybridized carbons (Fsp3) is 0.391. The highest BCUT2D eigenvalue weighted by Gasteiger charge is 2.41. The predicted molar refractivity (Wildman–Crippen MR) is 110 cm³/mol. The molecule has 1 unspecified atom stereocenters. The molecule has 0 saturated carbocycles. The molecule has 1 saturated heterocycles. The van der Waals surface area contributed by atoms with Crippen LogP contribution >= 0.6 is 0 Å². The third kappa shape index (κ3) is 3.19. The molecule has 1 fully saturated rings. The first-order chi connectivity index (χ1) is 14.7. The summed E-state index contributed by atoms with van der Waals surface area (Å²) in [5.74, 6) is 1.04. The van der Waals surface area contributed by atoms with E-state index in [9.17, 15) is 9.59 Å². The lowest BCUT2D eigenvalue weighted by atomic mass is 10.0. The topological polar surface area (TPSA) is 69.5 Å². The predicted octanol–water partition coefficient (Wildman–Crippen LogP) is 1.76. The number of anilines is 1.